The molecule has 1 aliphatic rings. The Balaban J connectivity index is 1.20. The first-order valence-corrected chi connectivity index (χ1v) is 11.2. The number of piperidine rings is 1. The highest BCUT2D eigenvalue weighted by molar-refractivity contribution is 6.30. The van der Waals surface area contributed by atoms with Crippen molar-refractivity contribution in [2.45, 2.75) is 12.8 Å². The van der Waals surface area contributed by atoms with E-state index in [-0.39, 0.29) is 17.7 Å². The molecule has 0 spiro atoms. The van der Waals surface area contributed by atoms with Gasteiger partial charge in [0, 0.05) is 36.5 Å². The lowest BCUT2D eigenvalue weighted by Crippen LogP contribution is -2.41. The van der Waals surface area contributed by atoms with Crippen molar-refractivity contribution in [1.29, 1.82) is 0 Å². The van der Waals surface area contributed by atoms with Gasteiger partial charge in [-0.2, -0.15) is 0 Å². The number of rotatable bonds is 4. The van der Waals surface area contributed by atoms with Crippen molar-refractivity contribution in [3.05, 3.63) is 83.8 Å². The lowest BCUT2D eigenvalue weighted by Gasteiger charge is -2.31. The summed E-state index contributed by atoms with van der Waals surface area (Å²) in [6, 6.07) is 18.8. The van der Waals surface area contributed by atoms with Crippen LogP contribution in [-0.4, -0.2) is 44.3 Å². The number of aromatic nitrogens is 3. The standard InChI is InChI=1S/C25H22ClN5O2/c26-19-7-10-23(27-15-19)29-24(32)17-11-13-30(14-12-17)25(33)18-5-8-20(9-6-18)31-16-28-21-3-1-2-4-22(21)31/h1-10,15-17H,11-14H2,(H,27,29,32). The van der Waals surface area contributed by atoms with Gasteiger partial charge in [0.05, 0.1) is 16.1 Å². The maximum atomic E-state index is 13.0. The summed E-state index contributed by atoms with van der Waals surface area (Å²) in [4.78, 5) is 35.9. The Kier molecular flexibility index (Phi) is 5.79. The number of hydrogen-bond donors (Lipinski definition) is 1. The first-order valence-electron chi connectivity index (χ1n) is 10.8. The van der Waals surface area contributed by atoms with Crippen LogP contribution in [0.2, 0.25) is 5.02 Å². The number of nitrogens with one attached hydrogen (secondary N) is 1. The van der Waals surface area contributed by atoms with Gasteiger partial charge in [0.1, 0.15) is 12.1 Å². The van der Waals surface area contributed by atoms with Gasteiger partial charge in [0.2, 0.25) is 5.91 Å². The molecule has 2 aromatic heterocycles. The summed E-state index contributed by atoms with van der Waals surface area (Å²) in [6.45, 7) is 1.08. The van der Waals surface area contributed by atoms with E-state index < -0.39 is 0 Å². The Morgan fingerprint density at radius 2 is 1.70 bits per heavy atom. The monoisotopic (exact) mass is 459 g/mol. The minimum absolute atomic E-state index is 0.0183. The van der Waals surface area contributed by atoms with Crippen LogP contribution in [0.15, 0.2) is 73.2 Å². The smallest absolute Gasteiger partial charge is 0.253 e. The van der Waals surface area contributed by atoms with Gasteiger partial charge in [-0.1, -0.05) is 23.7 Å². The normalized spacial score (nSPS) is 14.4. The third kappa shape index (κ3) is 4.45. The number of benzene rings is 2. The number of imidazole rings is 1. The van der Waals surface area contributed by atoms with Crippen LogP contribution in [0, 0.1) is 5.92 Å². The van der Waals surface area contributed by atoms with Crippen LogP contribution in [0.3, 0.4) is 0 Å². The van der Waals surface area contributed by atoms with E-state index in [1.807, 2.05) is 58.0 Å². The largest absolute Gasteiger partial charge is 0.339 e. The molecule has 0 bridgehead atoms. The summed E-state index contributed by atoms with van der Waals surface area (Å²) in [5.41, 5.74) is 3.53. The second-order valence-electron chi connectivity index (χ2n) is 8.07. The Labute approximate surface area is 196 Å². The third-order valence-corrected chi connectivity index (χ3v) is 6.20. The number of likely N-dealkylation sites (tertiary alicyclic amines) is 1. The van der Waals surface area contributed by atoms with Gasteiger partial charge < -0.3 is 10.2 Å². The molecular weight excluding hydrogens is 438 g/mol. The summed E-state index contributed by atoms with van der Waals surface area (Å²) in [6.07, 6.45) is 4.52. The summed E-state index contributed by atoms with van der Waals surface area (Å²) in [5.74, 6) is 0.237. The zero-order chi connectivity index (χ0) is 22.8. The van der Waals surface area contributed by atoms with Crippen molar-refractivity contribution in [3.8, 4) is 5.69 Å². The van der Waals surface area contributed by atoms with E-state index in [0.29, 0.717) is 42.3 Å². The van der Waals surface area contributed by atoms with Crippen LogP contribution in [0.25, 0.3) is 16.7 Å². The number of para-hydroxylation sites is 2. The molecule has 166 valence electrons. The van der Waals surface area contributed by atoms with Gasteiger partial charge in [0.25, 0.3) is 5.91 Å². The summed E-state index contributed by atoms with van der Waals surface area (Å²) >= 11 is 5.83. The van der Waals surface area contributed by atoms with Crippen LogP contribution in [-0.2, 0) is 4.79 Å². The zero-order valence-electron chi connectivity index (χ0n) is 17.8. The lowest BCUT2D eigenvalue weighted by molar-refractivity contribution is -0.121. The molecule has 0 atom stereocenters. The second kappa shape index (κ2) is 9.03. The Morgan fingerprint density at radius 3 is 2.42 bits per heavy atom. The maximum absolute atomic E-state index is 13.0. The van der Waals surface area contributed by atoms with E-state index in [9.17, 15) is 9.59 Å². The Morgan fingerprint density at radius 1 is 0.939 bits per heavy atom. The molecular formula is C25H22ClN5O2. The van der Waals surface area contributed by atoms with Gasteiger partial charge in [-0.25, -0.2) is 9.97 Å². The molecule has 33 heavy (non-hydrogen) atoms. The van der Waals surface area contributed by atoms with Gasteiger partial charge in [-0.3, -0.25) is 14.2 Å². The van der Waals surface area contributed by atoms with Crippen LogP contribution in [0.1, 0.15) is 23.2 Å². The number of fused-ring (bicyclic) bond motifs is 1. The van der Waals surface area contributed by atoms with E-state index >= 15 is 0 Å². The number of nitrogens with zero attached hydrogens (tertiary/aromatic N) is 4. The van der Waals surface area contributed by atoms with Crippen molar-refractivity contribution in [1.82, 2.24) is 19.4 Å². The summed E-state index contributed by atoms with van der Waals surface area (Å²) < 4.78 is 2.00. The minimum atomic E-state index is -0.150. The summed E-state index contributed by atoms with van der Waals surface area (Å²) in [5, 5.41) is 3.35. The highest BCUT2D eigenvalue weighted by atomic mass is 35.5. The number of halogens is 1. The fourth-order valence-electron chi connectivity index (χ4n) is 4.13. The van der Waals surface area contributed by atoms with Gasteiger partial charge in [0.15, 0.2) is 0 Å². The predicted molar refractivity (Wildman–Crippen MR) is 128 cm³/mol. The fraction of sp³-hybridized carbons (Fsp3) is 0.200. The minimum Gasteiger partial charge on any atom is -0.339 e. The molecule has 1 fully saturated rings. The van der Waals surface area contributed by atoms with E-state index in [1.165, 1.54) is 6.20 Å². The molecule has 0 radical (unpaired) electrons. The maximum Gasteiger partial charge on any atom is 0.253 e. The predicted octanol–water partition coefficient (Wildman–Crippen LogP) is 4.56. The number of carbonyl (C=O) groups excluding carboxylic acids is 2. The quantitative estimate of drug-likeness (QED) is 0.485. The number of anilines is 1. The van der Waals surface area contributed by atoms with Crippen LogP contribution >= 0.6 is 11.6 Å². The fourth-order valence-corrected chi connectivity index (χ4v) is 4.25. The van der Waals surface area contributed by atoms with Crippen LogP contribution < -0.4 is 5.32 Å². The molecule has 0 aliphatic carbocycles. The van der Waals surface area contributed by atoms with Gasteiger partial charge in [-0.05, 0) is 61.4 Å². The molecule has 2 amide bonds. The summed E-state index contributed by atoms with van der Waals surface area (Å²) in [7, 11) is 0. The first kappa shape index (κ1) is 21.2. The van der Waals surface area contributed by atoms with Crippen molar-refractivity contribution < 1.29 is 9.59 Å². The van der Waals surface area contributed by atoms with Gasteiger partial charge in [-0.15, -0.1) is 0 Å². The van der Waals surface area contributed by atoms with E-state index in [0.717, 1.165) is 16.7 Å². The molecule has 0 saturated carbocycles. The van der Waals surface area contributed by atoms with Crippen molar-refractivity contribution in [2.75, 3.05) is 18.4 Å². The molecule has 1 saturated heterocycles. The number of carbonyl (C=O) groups is 2. The highest BCUT2D eigenvalue weighted by Gasteiger charge is 2.28. The van der Waals surface area contributed by atoms with Crippen molar-refractivity contribution >= 4 is 40.3 Å². The topological polar surface area (TPSA) is 80.1 Å². The SMILES string of the molecule is O=C(Nc1ccc(Cl)cn1)C1CCN(C(=O)c2ccc(-n3cnc4ccccc43)cc2)CC1. The van der Waals surface area contributed by atoms with Crippen LogP contribution in [0.5, 0.6) is 0 Å². The Hall–Kier alpha value is -3.71. The van der Waals surface area contributed by atoms with Gasteiger partial charge >= 0.3 is 0 Å². The number of amides is 2. The molecule has 8 heteroatoms. The highest BCUT2D eigenvalue weighted by Crippen LogP contribution is 2.22. The molecule has 1 aliphatic heterocycles. The van der Waals surface area contributed by atoms with E-state index in [2.05, 4.69) is 15.3 Å². The molecule has 2 aromatic carbocycles. The van der Waals surface area contributed by atoms with Crippen LogP contribution in [0.4, 0.5) is 5.82 Å². The lowest BCUT2D eigenvalue weighted by atomic mass is 9.95. The average Bonchev–Trinajstić information content (AvgIpc) is 3.29. The zero-order valence-corrected chi connectivity index (χ0v) is 18.6. The van der Waals surface area contributed by atoms with Crippen molar-refractivity contribution in [2.24, 2.45) is 5.92 Å². The number of pyridine rings is 1. The molecule has 5 rings (SSSR count). The molecule has 7 nitrogen and oxygen atoms in total. The molecule has 3 heterocycles. The Bertz CT molecular complexity index is 1290. The van der Waals surface area contributed by atoms with E-state index in [1.54, 1.807) is 18.5 Å². The third-order valence-electron chi connectivity index (χ3n) is 5.98. The molecule has 4 aromatic rings. The van der Waals surface area contributed by atoms with E-state index in [4.69, 9.17) is 11.6 Å². The molecule has 1 N–H and O–H groups in total. The molecule has 0 unspecified atom stereocenters. The number of hydrogen-bond acceptors (Lipinski definition) is 4. The first-order chi connectivity index (χ1) is 16.1. The van der Waals surface area contributed by atoms with Crippen molar-refractivity contribution in [3.63, 3.8) is 0 Å². The average molecular weight is 460 g/mol. The second-order valence-corrected chi connectivity index (χ2v) is 8.50.